The third-order valence-electron chi connectivity index (χ3n) is 7.02. The summed E-state index contributed by atoms with van der Waals surface area (Å²) in [7, 11) is 1.34. The Bertz CT molecular complexity index is 809. The van der Waals surface area contributed by atoms with E-state index in [2.05, 4.69) is 5.32 Å². The van der Waals surface area contributed by atoms with Crippen molar-refractivity contribution >= 4 is 17.7 Å². The molecule has 7 nitrogen and oxygen atoms in total. The van der Waals surface area contributed by atoms with Crippen molar-refractivity contribution in [3.05, 3.63) is 23.8 Å². The summed E-state index contributed by atoms with van der Waals surface area (Å²) >= 11 is 0. The van der Waals surface area contributed by atoms with E-state index in [1.807, 2.05) is 0 Å². The predicted octanol–water partition coefficient (Wildman–Crippen LogP) is 2.32. The van der Waals surface area contributed by atoms with Gasteiger partial charge in [-0.2, -0.15) is 0 Å². The van der Waals surface area contributed by atoms with E-state index in [-0.39, 0.29) is 12.1 Å². The van der Waals surface area contributed by atoms with Gasteiger partial charge < -0.3 is 19.9 Å². The molecule has 1 heterocycles. The molecule has 2 N–H and O–H groups in total. The number of hydrogen-bond acceptors (Lipinski definition) is 5. The number of urea groups is 1. The Hall–Kier alpha value is -2.28. The summed E-state index contributed by atoms with van der Waals surface area (Å²) in [6.07, 6.45) is 4.69. The Morgan fingerprint density at radius 2 is 2.00 bits per heavy atom. The van der Waals surface area contributed by atoms with E-state index in [1.54, 1.807) is 23.1 Å². The number of hydrogen-bond donors (Lipinski definition) is 2. The Morgan fingerprint density at radius 1 is 1.25 bits per heavy atom. The first kappa shape index (κ1) is 17.8. The fourth-order valence-electron chi connectivity index (χ4n) is 6.11. The van der Waals surface area contributed by atoms with Crippen molar-refractivity contribution in [2.45, 2.75) is 43.7 Å². The number of nitrogens with zero attached hydrogens (tertiary/aromatic N) is 1. The van der Waals surface area contributed by atoms with Crippen LogP contribution in [0.1, 0.15) is 42.5 Å². The standard InChI is InChI=1S/C21H26N2O5/c1-27-19(24)13-2-3-17-16(8-13)23(4-5-28-17)20(25)22-18-14-6-12-7-15(18)11-21(26,9-12)10-14/h2-3,8,12,14-15,18,26H,4-7,9-11H2,1H3,(H,22,25). The lowest BCUT2D eigenvalue weighted by molar-refractivity contribution is -0.136. The van der Waals surface area contributed by atoms with Crippen molar-refractivity contribution in [1.82, 2.24) is 5.32 Å². The zero-order chi connectivity index (χ0) is 19.5. The Kier molecular flexibility index (Phi) is 4.05. The molecule has 28 heavy (non-hydrogen) atoms. The minimum Gasteiger partial charge on any atom is -0.490 e. The number of methoxy groups -OCH3 is 1. The highest BCUT2D eigenvalue weighted by Gasteiger charge is 2.55. The van der Waals surface area contributed by atoms with Gasteiger partial charge >= 0.3 is 12.0 Å². The number of esters is 1. The van der Waals surface area contributed by atoms with Crippen LogP contribution in [0.15, 0.2) is 18.2 Å². The summed E-state index contributed by atoms with van der Waals surface area (Å²) in [5, 5.41) is 14.0. The van der Waals surface area contributed by atoms with Crippen molar-refractivity contribution in [3.8, 4) is 5.75 Å². The smallest absolute Gasteiger partial charge is 0.337 e. The number of rotatable bonds is 2. The molecule has 4 bridgehead atoms. The van der Waals surface area contributed by atoms with E-state index >= 15 is 0 Å². The molecule has 1 aromatic rings. The van der Waals surface area contributed by atoms with Crippen molar-refractivity contribution in [1.29, 1.82) is 0 Å². The van der Waals surface area contributed by atoms with Gasteiger partial charge in [-0.05, 0) is 68.1 Å². The van der Waals surface area contributed by atoms with Crippen LogP contribution in [-0.2, 0) is 4.74 Å². The van der Waals surface area contributed by atoms with E-state index in [9.17, 15) is 14.7 Å². The van der Waals surface area contributed by atoms with Crippen molar-refractivity contribution < 1.29 is 24.2 Å². The average Bonchev–Trinajstić information content (AvgIpc) is 2.67. The Balaban J connectivity index is 1.36. The Morgan fingerprint density at radius 3 is 2.68 bits per heavy atom. The first-order valence-electron chi connectivity index (χ1n) is 10.1. The molecule has 0 spiro atoms. The van der Waals surface area contributed by atoms with Crippen molar-refractivity contribution in [3.63, 3.8) is 0 Å². The predicted molar refractivity (Wildman–Crippen MR) is 101 cm³/mol. The van der Waals surface area contributed by atoms with Gasteiger partial charge in [-0.15, -0.1) is 0 Å². The van der Waals surface area contributed by atoms with Crippen LogP contribution >= 0.6 is 0 Å². The minimum atomic E-state index is -0.515. The van der Waals surface area contributed by atoms with Gasteiger partial charge in [0.2, 0.25) is 0 Å². The highest BCUT2D eigenvalue weighted by molar-refractivity contribution is 5.97. The number of amides is 2. The molecule has 2 unspecified atom stereocenters. The zero-order valence-electron chi connectivity index (χ0n) is 16.0. The summed E-state index contributed by atoms with van der Waals surface area (Å²) in [5.41, 5.74) is 0.467. The molecule has 0 aromatic heterocycles. The summed E-state index contributed by atoms with van der Waals surface area (Å²) in [4.78, 5) is 26.7. The number of anilines is 1. The van der Waals surface area contributed by atoms with Crippen LogP contribution in [0, 0.1) is 17.8 Å². The van der Waals surface area contributed by atoms with E-state index < -0.39 is 11.6 Å². The number of nitrogens with one attached hydrogen (secondary N) is 1. The molecule has 4 fully saturated rings. The van der Waals surface area contributed by atoms with Crippen LogP contribution < -0.4 is 15.0 Å². The largest absolute Gasteiger partial charge is 0.490 e. The highest BCUT2D eigenvalue weighted by atomic mass is 16.5. The Labute approximate surface area is 164 Å². The maximum Gasteiger partial charge on any atom is 0.337 e. The second-order valence-electron chi connectivity index (χ2n) is 8.84. The quantitative estimate of drug-likeness (QED) is 0.762. The fraction of sp³-hybridized carbons (Fsp3) is 0.619. The van der Waals surface area contributed by atoms with Crippen LogP contribution in [0.2, 0.25) is 0 Å². The molecule has 2 amide bonds. The van der Waals surface area contributed by atoms with E-state index in [0.29, 0.717) is 47.9 Å². The first-order valence-corrected chi connectivity index (χ1v) is 10.1. The van der Waals surface area contributed by atoms with Crippen LogP contribution in [0.5, 0.6) is 5.75 Å². The van der Waals surface area contributed by atoms with Gasteiger partial charge in [0.25, 0.3) is 0 Å². The maximum absolute atomic E-state index is 13.2. The summed E-state index contributed by atoms with van der Waals surface area (Å²) in [6.45, 7) is 0.843. The topological polar surface area (TPSA) is 88.1 Å². The molecule has 4 aliphatic carbocycles. The molecule has 0 saturated heterocycles. The molecule has 6 rings (SSSR count). The molecule has 4 saturated carbocycles. The molecule has 0 radical (unpaired) electrons. The van der Waals surface area contributed by atoms with Gasteiger partial charge in [-0.1, -0.05) is 0 Å². The third-order valence-corrected chi connectivity index (χ3v) is 7.02. The summed E-state index contributed by atoms with van der Waals surface area (Å²) in [5.74, 6) is 1.45. The SMILES string of the molecule is COC(=O)c1ccc2c(c1)N(C(=O)NC1C3CC4CC1CC(O)(C4)C3)CCO2. The second kappa shape index (κ2) is 6.37. The van der Waals surface area contributed by atoms with E-state index in [4.69, 9.17) is 9.47 Å². The van der Waals surface area contributed by atoms with E-state index in [1.165, 1.54) is 7.11 Å². The number of ether oxygens (including phenoxy) is 2. The number of fused-ring (bicyclic) bond motifs is 1. The second-order valence-corrected chi connectivity index (χ2v) is 8.84. The normalized spacial score (nSPS) is 35.1. The average molecular weight is 386 g/mol. The van der Waals surface area contributed by atoms with Gasteiger partial charge in [-0.3, -0.25) is 4.90 Å². The number of benzene rings is 1. The number of carbonyl (C=O) groups is 2. The molecular weight excluding hydrogens is 360 g/mol. The number of carbonyl (C=O) groups excluding carboxylic acids is 2. The van der Waals surface area contributed by atoms with Gasteiger partial charge in [0.1, 0.15) is 12.4 Å². The van der Waals surface area contributed by atoms with Gasteiger partial charge in [0.05, 0.1) is 30.5 Å². The molecule has 5 aliphatic rings. The summed E-state index contributed by atoms with van der Waals surface area (Å²) in [6, 6.07) is 4.96. The molecular formula is C21H26N2O5. The molecule has 2 atom stereocenters. The van der Waals surface area contributed by atoms with Gasteiger partial charge in [0.15, 0.2) is 0 Å². The van der Waals surface area contributed by atoms with Crippen molar-refractivity contribution in [2.75, 3.05) is 25.2 Å². The minimum absolute atomic E-state index is 0.111. The fourth-order valence-corrected chi connectivity index (χ4v) is 6.11. The zero-order valence-corrected chi connectivity index (χ0v) is 16.0. The lowest BCUT2D eigenvalue weighted by Crippen LogP contribution is -2.63. The molecule has 1 aliphatic heterocycles. The molecule has 1 aromatic carbocycles. The van der Waals surface area contributed by atoms with Crippen LogP contribution in [0.3, 0.4) is 0 Å². The van der Waals surface area contributed by atoms with Gasteiger partial charge in [-0.25, -0.2) is 9.59 Å². The maximum atomic E-state index is 13.2. The summed E-state index contributed by atoms with van der Waals surface area (Å²) < 4.78 is 10.5. The third kappa shape index (κ3) is 2.83. The lowest BCUT2D eigenvalue weighted by atomic mass is 9.52. The monoisotopic (exact) mass is 386 g/mol. The first-order chi connectivity index (χ1) is 13.5. The highest BCUT2D eigenvalue weighted by Crippen LogP contribution is 2.55. The molecule has 150 valence electrons. The van der Waals surface area contributed by atoms with E-state index in [0.717, 1.165) is 32.1 Å². The van der Waals surface area contributed by atoms with Crippen LogP contribution in [0.4, 0.5) is 10.5 Å². The molecule has 7 heteroatoms. The number of aliphatic hydroxyl groups is 1. The van der Waals surface area contributed by atoms with Crippen LogP contribution in [-0.4, -0.2) is 49.0 Å². The lowest BCUT2D eigenvalue weighted by Gasteiger charge is -2.58. The van der Waals surface area contributed by atoms with Crippen molar-refractivity contribution in [2.24, 2.45) is 17.8 Å². The van der Waals surface area contributed by atoms with Gasteiger partial charge in [0, 0.05) is 6.04 Å². The van der Waals surface area contributed by atoms with Crippen LogP contribution in [0.25, 0.3) is 0 Å².